The number of allylic oxidation sites excluding steroid dienone is 3. The van der Waals surface area contributed by atoms with Crippen molar-refractivity contribution in [3.63, 3.8) is 0 Å². The summed E-state index contributed by atoms with van der Waals surface area (Å²) in [5, 5.41) is 0. The van der Waals surface area contributed by atoms with Gasteiger partial charge in [-0.2, -0.15) is 0 Å². The van der Waals surface area contributed by atoms with Crippen LogP contribution in [0.3, 0.4) is 0 Å². The molecule has 1 heterocycles. The molecule has 11 heavy (non-hydrogen) atoms. The van der Waals surface area contributed by atoms with Gasteiger partial charge in [-0.25, -0.2) is 0 Å². The topological polar surface area (TPSA) is 9.23 Å². The second-order valence-electron chi connectivity index (χ2n) is 2.19. The summed E-state index contributed by atoms with van der Waals surface area (Å²) in [6.07, 6.45) is 8.50. The Balaban J connectivity index is 0.000000183. The first-order chi connectivity index (χ1) is 5.41. The van der Waals surface area contributed by atoms with Crippen molar-refractivity contribution in [1.29, 1.82) is 0 Å². The van der Waals surface area contributed by atoms with Gasteiger partial charge in [0.25, 0.3) is 0 Å². The van der Waals surface area contributed by atoms with Gasteiger partial charge >= 0.3 is 47.4 Å². The SMILES string of the molecule is C1CCOC1.CC=CC=[CH][V]. The third-order valence-corrected chi connectivity index (χ3v) is 1.49. The van der Waals surface area contributed by atoms with E-state index in [2.05, 4.69) is 17.4 Å². The van der Waals surface area contributed by atoms with E-state index in [1.807, 2.05) is 29.9 Å². The van der Waals surface area contributed by atoms with Crippen molar-refractivity contribution in [2.24, 2.45) is 0 Å². The van der Waals surface area contributed by atoms with Crippen molar-refractivity contribution < 1.29 is 22.2 Å². The predicted molar refractivity (Wildman–Crippen MR) is 44.0 cm³/mol. The molecule has 0 atom stereocenters. The Labute approximate surface area is 78.5 Å². The van der Waals surface area contributed by atoms with Gasteiger partial charge in [0.2, 0.25) is 0 Å². The minimum absolute atomic E-state index is 1.00. The van der Waals surface area contributed by atoms with E-state index in [1.54, 1.807) is 0 Å². The summed E-state index contributed by atoms with van der Waals surface area (Å²) in [7, 11) is 0. The molecule has 0 N–H and O–H groups in total. The van der Waals surface area contributed by atoms with Crippen LogP contribution in [0.25, 0.3) is 0 Å². The van der Waals surface area contributed by atoms with E-state index in [0.29, 0.717) is 0 Å². The number of hydrogen-bond donors (Lipinski definition) is 0. The summed E-state index contributed by atoms with van der Waals surface area (Å²) >= 11 is 2.37. The van der Waals surface area contributed by atoms with Crippen molar-refractivity contribution in [2.45, 2.75) is 19.8 Å². The Morgan fingerprint density at radius 3 is 2.00 bits per heavy atom. The fourth-order valence-electron chi connectivity index (χ4n) is 0.671. The van der Waals surface area contributed by atoms with Crippen LogP contribution >= 0.6 is 0 Å². The Bertz CT molecular complexity index is 97.1. The van der Waals surface area contributed by atoms with Crippen LogP contribution in [0.15, 0.2) is 23.0 Å². The van der Waals surface area contributed by atoms with Crippen LogP contribution in [0, 0.1) is 0 Å². The maximum absolute atomic E-state index is 4.94. The molecule has 1 fully saturated rings. The van der Waals surface area contributed by atoms with Crippen molar-refractivity contribution in [3.05, 3.63) is 23.0 Å². The zero-order valence-corrected chi connectivity index (χ0v) is 8.39. The molecule has 1 aliphatic heterocycles. The molecule has 0 aliphatic carbocycles. The normalized spacial score (nSPS) is 17.2. The van der Waals surface area contributed by atoms with E-state index < -0.39 is 0 Å². The predicted octanol–water partition coefficient (Wildman–Crippen LogP) is 2.42. The van der Waals surface area contributed by atoms with Crippen LogP contribution in [0.2, 0.25) is 0 Å². The molecule has 0 aromatic carbocycles. The van der Waals surface area contributed by atoms with E-state index in [1.165, 1.54) is 12.8 Å². The van der Waals surface area contributed by atoms with Crippen molar-refractivity contribution in [2.75, 3.05) is 13.2 Å². The van der Waals surface area contributed by atoms with Crippen molar-refractivity contribution >= 4 is 0 Å². The van der Waals surface area contributed by atoms with Crippen molar-refractivity contribution in [3.8, 4) is 0 Å². The van der Waals surface area contributed by atoms with Gasteiger partial charge in [-0.05, 0) is 12.8 Å². The summed E-state index contributed by atoms with van der Waals surface area (Å²) in [6, 6.07) is 0. The fraction of sp³-hybridized carbons (Fsp3) is 0.556. The molecule has 0 saturated carbocycles. The molecule has 0 aromatic rings. The molecule has 0 radical (unpaired) electrons. The van der Waals surface area contributed by atoms with Gasteiger partial charge in [0.05, 0.1) is 0 Å². The van der Waals surface area contributed by atoms with E-state index in [9.17, 15) is 0 Å². The van der Waals surface area contributed by atoms with Gasteiger partial charge in [0.15, 0.2) is 0 Å². The molecule has 0 amide bonds. The van der Waals surface area contributed by atoms with Gasteiger partial charge < -0.3 is 4.74 Å². The summed E-state index contributed by atoms with van der Waals surface area (Å²) < 4.78 is 4.94. The molecule has 0 spiro atoms. The second kappa shape index (κ2) is 10.0. The Kier molecular flexibility index (Phi) is 10.0. The Hall–Kier alpha value is 0.0244. The van der Waals surface area contributed by atoms with Crippen molar-refractivity contribution in [1.82, 2.24) is 0 Å². The van der Waals surface area contributed by atoms with E-state index >= 15 is 0 Å². The first-order valence-electron chi connectivity index (χ1n) is 3.91. The van der Waals surface area contributed by atoms with Crippen LogP contribution in [-0.2, 0) is 22.2 Å². The van der Waals surface area contributed by atoms with Gasteiger partial charge in [0, 0.05) is 13.2 Å². The molecular formula is C9H15OV. The standard InChI is InChI=1S/C5H7.C4H8O.V/c1-3-5-4-2;1-2-4-5-3-1;/h1,3-5H,2H3;1-4H2;. The molecule has 1 rings (SSSR count). The van der Waals surface area contributed by atoms with Crippen LogP contribution in [0.5, 0.6) is 0 Å². The monoisotopic (exact) mass is 190 g/mol. The average Bonchev–Trinajstić information content (AvgIpc) is 2.57. The third-order valence-electron chi connectivity index (χ3n) is 1.22. The number of rotatable bonds is 1. The van der Waals surface area contributed by atoms with Crippen LogP contribution in [0.4, 0.5) is 0 Å². The summed E-state index contributed by atoms with van der Waals surface area (Å²) in [6.45, 7) is 3.99. The average molecular weight is 190 g/mol. The van der Waals surface area contributed by atoms with E-state index in [-0.39, 0.29) is 0 Å². The molecule has 0 bridgehead atoms. The van der Waals surface area contributed by atoms with E-state index in [0.717, 1.165) is 13.2 Å². The summed E-state index contributed by atoms with van der Waals surface area (Å²) in [4.78, 5) is 1.94. The molecule has 0 aromatic heterocycles. The molecule has 1 saturated heterocycles. The molecule has 1 nitrogen and oxygen atoms in total. The minimum atomic E-state index is 1.00. The van der Waals surface area contributed by atoms with Crippen LogP contribution in [0.1, 0.15) is 19.8 Å². The van der Waals surface area contributed by atoms with Gasteiger partial charge in [0.1, 0.15) is 0 Å². The zero-order valence-electron chi connectivity index (χ0n) is 6.99. The number of ether oxygens (including phenoxy) is 1. The number of hydrogen-bond acceptors (Lipinski definition) is 1. The Morgan fingerprint density at radius 1 is 1.18 bits per heavy atom. The van der Waals surface area contributed by atoms with Crippen LogP contribution in [-0.4, -0.2) is 13.2 Å². The zero-order chi connectivity index (χ0) is 8.36. The van der Waals surface area contributed by atoms with Gasteiger partial charge in [-0.15, -0.1) is 0 Å². The molecule has 0 unspecified atom stereocenters. The summed E-state index contributed by atoms with van der Waals surface area (Å²) in [5.41, 5.74) is 0. The van der Waals surface area contributed by atoms with Gasteiger partial charge in [-0.1, -0.05) is 0 Å². The fourth-order valence-corrected chi connectivity index (χ4v) is 0.826. The first kappa shape index (κ1) is 11.0. The van der Waals surface area contributed by atoms with Gasteiger partial charge in [-0.3, -0.25) is 0 Å². The maximum atomic E-state index is 4.94. The van der Waals surface area contributed by atoms with Crippen LogP contribution < -0.4 is 0 Å². The molecule has 62 valence electrons. The quantitative estimate of drug-likeness (QED) is 0.577. The van der Waals surface area contributed by atoms with E-state index in [4.69, 9.17) is 4.74 Å². The Morgan fingerprint density at radius 2 is 1.82 bits per heavy atom. The molecule has 2 heteroatoms. The first-order valence-corrected chi connectivity index (χ1v) is 4.72. The second-order valence-corrected chi connectivity index (χ2v) is 2.65. The third kappa shape index (κ3) is 10.0. The summed E-state index contributed by atoms with van der Waals surface area (Å²) in [5.74, 6) is 0. The molecular weight excluding hydrogens is 175 g/mol. The molecule has 1 aliphatic rings.